The summed E-state index contributed by atoms with van der Waals surface area (Å²) in [6.07, 6.45) is 0.427. The summed E-state index contributed by atoms with van der Waals surface area (Å²) in [5, 5.41) is 2.75. The Morgan fingerprint density at radius 1 is 0.964 bits per heavy atom. The van der Waals surface area contributed by atoms with Crippen LogP contribution in [0.4, 0.5) is 5.69 Å². The largest absolute Gasteiger partial charge is 0.482 e. The first-order valence-electron chi connectivity index (χ1n) is 9.21. The normalized spacial score (nSPS) is 10.4. The molecule has 0 heterocycles. The summed E-state index contributed by atoms with van der Waals surface area (Å²) in [5.74, 6) is -0.327. The van der Waals surface area contributed by atoms with Gasteiger partial charge in [-0.05, 0) is 41.8 Å². The second kappa shape index (κ2) is 10.3. The molecule has 0 aromatic heterocycles. The van der Waals surface area contributed by atoms with Crippen molar-refractivity contribution in [2.45, 2.75) is 33.1 Å². The SMILES string of the molecule is CCC(=O)c1ccc(OCC(=O)OCC(=O)Nc2ccccc2C(C)C)cc1. The molecule has 0 aliphatic rings. The second-order valence-corrected chi connectivity index (χ2v) is 6.54. The highest BCUT2D eigenvalue weighted by atomic mass is 16.6. The fourth-order valence-electron chi connectivity index (χ4n) is 2.57. The zero-order valence-corrected chi connectivity index (χ0v) is 16.4. The van der Waals surface area contributed by atoms with Crippen molar-refractivity contribution >= 4 is 23.3 Å². The van der Waals surface area contributed by atoms with Crippen LogP contribution in [0.25, 0.3) is 0 Å². The number of hydrogen-bond donors (Lipinski definition) is 1. The van der Waals surface area contributed by atoms with Gasteiger partial charge in [0.25, 0.3) is 5.91 Å². The standard InChI is InChI=1S/C22H25NO5/c1-4-20(24)16-9-11-17(12-10-16)27-14-22(26)28-13-21(25)23-19-8-6-5-7-18(19)15(2)3/h5-12,15H,4,13-14H2,1-3H3,(H,23,25). The lowest BCUT2D eigenvalue weighted by Gasteiger charge is -2.13. The highest BCUT2D eigenvalue weighted by Crippen LogP contribution is 2.23. The van der Waals surface area contributed by atoms with Gasteiger partial charge in [-0.2, -0.15) is 0 Å². The Kier molecular flexibility index (Phi) is 7.75. The van der Waals surface area contributed by atoms with E-state index in [0.29, 0.717) is 23.4 Å². The molecular weight excluding hydrogens is 358 g/mol. The number of esters is 1. The van der Waals surface area contributed by atoms with Crippen LogP contribution >= 0.6 is 0 Å². The molecule has 148 valence electrons. The van der Waals surface area contributed by atoms with Gasteiger partial charge >= 0.3 is 5.97 Å². The minimum atomic E-state index is -0.652. The number of para-hydroxylation sites is 1. The van der Waals surface area contributed by atoms with Gasteiger partial charge in [0.15, 0.2) is 19.0 Å². The van der Waals surface area contributed by atoms with Gasteiger partial charge in [-0.1, -0.05) is 39.0 Å². The van der Waals surface area contributed by atoms with Gasteiger partial charge < -0.3 is 14.8 Å². The van der Waals surface area contributed by atoms with E-state index in [1.165, 1.54) is 0 Å². The third-order valence-corrected chi connectivity index (χ3v) is 4.08. The van der Waals surface area contributed by atoms with Crippen molar-refractivity contribution in [1.29, 1.82) is 0 Å². The Morgan fingerprint density at radius 3 is 2.29 bits per heavy atom. The minimum absolute atomic E-state index is 0.0380. The summed E-state index contributed by atoms with van der Waals surface area (Å²) in [6.45, 7) is 5.15. The molecule has 0 bridgehead atoms. The third kappa shape index (κ3) is 6.23. The average Bonchev–Trinajstić information content (AvgIpc) is 2.70. The number of nitrogens with one attached hydrogen (secondary N) is 1. The fraction of sp³-hybridized carbons (Fsp3) is 0.318. The van der Waals surface area contributed by atoms with E-state index >= 15 is 0 Å². The summed E-state index contributed by atoms with van der Waals surface area (Å²) in [4.78, 5) is 35.4. The van der Waals surface area contributed by atoms with Crippen molar-refractivity contribution in [3.8, 4) is 5.75 Å². The van der Waals surface area contributed by atoms with Crippen LogP contribution in [-0.4, -0.2) is 30.9 Å². The molecule has 0 fully saturated rings. The van der Waals surface area contributed by atoms with Crippen molar-refractivity contribution < 1.29 is 23.9 Å². The lowest BCUT2D eigenvalue weighted by molar-refractivity contribution is -0.149. The first kappa shape index (κ1) is 21.2. The number of ketones is 1. The van der Waals surface area contributed by atoms with Gasteiger partial charge in [-0.3, -0.25) is 9.59 Å². The van der Waals surface area contributed by atoms with Gasteiger partial charge in [0.2, 0.25) is 0 Å². The molecule has 2 aromatic rings. The van der Waals surface area contributed by atoms with E-state index in [1.54, 1.807) is 31.2 Å². The van der Waals surface area contributed by atoms with Crippen LogP contribution in [-0.2, 0) is 14.3 Å². The number of rotatable bonds is 9. The van der Waals surface area contributed by atoms with Crippen LogP contribution in [0.2, 0.25) is 0 Å². The summed E-state index contributed by atoms with van der Waals surface area (Å²) in [5.41, 5.74) is 2.31. The minimum Gasteiger partial charge on any atom is -0.482 e. The summed E-state index contributed by atoms with van der Waals surface area (Å²) >= 11 is 0. The molecule has 0 saturated heterocycles. The zero-order chi connectivity index (χ0) is 20.5. The Bertz CT molecular complexity index is 827. The number of carbonyl (C=O) groups excluding carboxylic acids is 3. The van der Waals surface area contributed by atoms with E-state index in [2.05, 4.69) is 5.32 Å². The molecule has 2 aromatic carbocycles. The van der Waals surface area contributed by atoms with Crippen LogP contribution in [0.1, 0.15) is 49.0 Å². The average molecular weight is 383 g/mol. The number of anilines is 1. The van der Waals surface area contributed by atoms with Crippen molar-refractivity contribution in [3.63, 3.8) is 0 Å². The molecule has 28 heavy (non-hydrogen) atoms. The summed E-state index contributed by atoms with van der Waals surface area (Å²) in [7, 11) is 0. The molecular formula is C22H25NO5. The van der Waals surface area contributed by atoms with Gasteiger partial charge in [0, 0.05) is 17.7 Å². The maximum atomic E-state index is 12.0. The first-order valence-corrected chi connectivity index (χ1v) is 9.21. The molecule has 0 saturated carbocycles. The second-order valence-electron chi connectivity index (χ2n) is 6.54. The molecule has 2 rings (SSSR count). The van der Waals surface area contributed by atoms with Crippen LogP contribution in [0, 0.1) is 0 Å². The molecule has 6 heteroatoms. The molecule has 0 atom stereocenters. The highest BCUT2D eigenvalue weighted by Gasteiger charge is 2.12. The molecule has 0 spiro atoms. The van der Waals surface area contributed by atoms with Crippen molar-refractivity contribution in [2.24, 2.45) is 0 Å². The van der Waals surface area contributed by atoms with Gasteiger partial charge in [0.05, 0.1) is 0 Å². The van der Waals surface area contributed by atoms with Crippen molar-refractivity contribution in [1.82, 2.24) is 0 Å². The monoisotopic (exact) mass is 383 g/mol. The Morgan fingerprint density at radius 2 is 1.64 bits per heavy atom. The number of hydrogen-bond acceptors (Lipinski definition) is 5. The molecule has 6 nitrogen and oxygen atoms in total. The maximum Gasteiger partial charge on any atom is 0.344 e. The van der Waals surface area contributed by atoms with Crippen LogP contribution in [0.3, 0.4) is 0 Å². The van der Waals surface area contributed by atoms with E-state index in [0.717, 1.165) is 5.56 Å². The number of carbonyl (C=O) groups is 3. The predicted octanol–water partition coefficient (Wildman–Crippen LogP) is 3.96. The first-order chi connectivity index (χ1) is 13.4. The fourth-order valence-corrected chi connectivity index (χ4v) is 2.57. The van der Waals surface area contributed by atoms with Crippen LogP contribution < -0.4 is 10.1 Å². The van der Waals surface area contributed by atoms with E-state index in [-0.39, 0.29) is 18.3 Å². The topological polar surface area (TPSA) is 81.7 Å². The van der Waals surface area contributed by atoms with E-state index in [1.807, 2.05) is 38.1 Å². The van der Waals surface area contributed by atoms with Crippen LogP contribution in [0.15, 0.2) is 48.5 Å². The molecule has 0 aliphatic heterocycles. The highest BCUT2D eigenvalue weighted by molar-refractivity contribution is 5.96. The van der Waals surface area contributed by atoms with Crippen molar-refractivity contribution in [3.05, 3.63) is 59.7 Å². The predicted molar refractivity (Wildman–Crippen MR) is 107 cm³/mol. The van der Waals surface area contributed by atoms with Crippen molar-refractivity contribution in [2.75, 3.05) is 18.5 Å². The Labute approximate surface area is 164 Å². The molecule has 0 unspecified atom stereocenters. The zero-order valence-electron chi connectivity index (χ0n) is 16.4. The van der Waals surface area contributed by atoms with E-state index < -0.39 is 18.5 Å². The third-order valence-electron chi connectivity index (χ3n) is 4.08. The maximum absolute atomic E-state index is 12.0. The Hall–Kier alpha value is -3.15. The smallest absolute Gasteiger partial charge is 0.344 e. The molecule has 0 radical (unpaired) electrons. The molecule has 1 N–H and O–H groups in total. The van der Waals surface area contributed by atoms with E-state index in [9.17, 15) is 14.4 Å². The number of ether oxygens (including phenoxy) is 2. The Balaban J connectivity index is 1.78. The summed E-state index contributed by atoms with van der Waals surface area (Å²) < 4.78 is 10.3. The van der Waals surface area contributed by atoms with Gasteiger partial charge in [-0.25, -0.2) is 4.79 Å². The lowest BCUT2D eigenvalue weighted by atomic mass is 10.0. The summed E-state index contributed by atoms with van der Waals surface area (Å²) in [6, 6.07) is 14.0. The van der Waals surface area contributed by atoms with Gasteiger partial charge in [-0.15, -0.1) is 0 Å². The molecule has 1 amide bonds. The number of Topliss-reactive ketones (excluding diaryl/α,β-unsaturated/α-hetero) is 1. The lowest BCUT2D eigenvalue weighted by Crippen LogP contribution is -2.24. The number of amides is 1. The van der Waals surface area contributed by atoms with E-state index in [4.69, 9.17) is 9.47 Å². The van der Waals surface area contributed by atoms with Gasteiger partial charge in [0.1, 0.15) is 5.75 Å². The quantitative estimate of drug-likeness (QED) is 0.523. The van der Waals surface area contributed by atoms with Crippen LogP contribution in [0.5, 0.6) is 5.75 Å². The number of benzene rings is 2. The molecule has 0 aliphatic carbocycles.